The van der Waals surface area contributed by atoms with Gasteiger partial charge in [0.2, 0.25) is 11.8 Å². The predicted molar refractivity (Wildman–Crippen MR) is 104 cm³/mol. The zero-order valence-corrected chi connectivity index (χ0v) is 16.1. The molecular formula is C21H28N4O3. The first-order valence-corrected chi connectivity index (χ1v) is 10.2. The van der Waals surface area contributed by atoms with Crippen LogP contribution >= 0.6 is 0 Å². The quantitative estimate of drug-likeness (QED) is 0.659. The van der Waals surface area contributed by atoms with Crippen LogP contribution in [-0.4, -0.2) is 41.2 Å². The molecule has 2 heterocycles. The summed E-state index contributed by atoms with van der Waals surface area (Å²) < 4.78 is 0. The van der Waals surface area contributed by atoms with Gasteiger partial charge in [-0.25, -0.2) is 0 Å². The molecule has 2 fully saturated rings. The smallest absolute Gasteiger partial charge is 0.255 e. The lowest BCUT2D eigenvalue weighted by Gasteiger charge is -2.29. The van der Waals surface area contributed by atoms with E-state index in [2.05, 4.69) is 16.7 Å². The molecule has 28 heavy (non-hydrogen) atoms. The van der Waals surface area contributed by atoms with E-state index in [1.54, 1.807) is 4.90 Å². The van der Waals surface area contributed by atoms with Crippen LogP contribution < -0.4 is 16.4 Å². The van der Waals surface area contributed by atoms with E-state index >= 15 is 0 Å². The normalized spacial score (nSPS) is 27.7. The Morgan fingerprint density at radius 1 is 1.18 bits per heavy atom. The molecule has 1 saturated carbocycles. The Labute approximate surface area is 165 Å². The van der Waals surface area contributed by atoms with Crippen LogP contribution in [0.1, 0.15) is 60.0 Å². The molecule has 4 rings (SSSR count). The number of nitrogens with two attached hydrogens (primary N) is 1. The number of hydrogen-bond acceptors (Lipinski definition) is 5. The summed E-state index contributed by atoms with van der Waals surface area (Å²) in [6, 6.07) is 5.85. The van der Waals surface area contributed by atoms with Gasteiger partial charge in [-0.3, -0.25) is 19.7 Å². The second-order valence-corrected chi connectivity index (χ2v) is 8.24. The Hall–Kier alpha value is -2.25. The number of hydrogen-bond donors (Lipinski definition) is 3. The van der Waals surface area contributed by atoms with E-state index in [-0.39, 0.29) is 24.1 Å². The molecular weight excluding hydrogens is 356 g/mol. The first kappa shape index (κ1) is 19.1. The van der Waals surface area contributed by atoms with Crippen LogP contribution in [-0.2, 0) is 22.7 Å². The van der Waals surface area contributed by atoms with E-state index in [0.29, 0.717) is 30.5 Å². The average Bonchev–Trinajstić information content (AvgIpc) is 3.02. The lowest BCUT2D eigenvalue weighted by Crippen LogP contribution is -2.52. The van der Waals surface area contributed by atoms with E-state index in [0.717, 1.165) is 30.6 Å². The molecule has 1 aromatic carbocycles. The predicted octanol–water partition coefficient (Wildman–Crippen LogP) is 1.05. The van der Waals surface area contributed by atoms with E-state index in [1.807, 2.05) is 12.1 Å². The number of benzene rings is 1. The second-order valence-electron chi connectivity index (χ2n) is 8.24. The number of imide groups is 1. The summed E-state index contributed by atoms with van der Waals surface area (Å²) in [7, 11) is 0. The van der Waals surface area contributed by atoms with Gasteiger partial charge in [-0.2, -0.15) is 0 Å². The van der Waals surface area contributed by atoms with Crippen LogP contribution in [0.4, 0.5) is 0 Å². The minimum absolute atomic E-state index is 0.123. The van der Waals surface area contributed by atoms with Crippen molar-refractivity contribution in [3.63, 3.8) is 0 Å². The maximum absolute atomic E-state index is 12.7. The third-order valence-corrected chi connectivity index (χ3v) is 6.30. The van der Waals surface area contributed by atoms with E-state index in [4.69, 9.17) is 5.73 Å². The summed E-state index contributed by atoms with van der Waals surface area (Å²) >= 11 is 0. The van der Waals surface area contributed by atoms with Gasteiger partial charge in [-0.05, 0) is 55.3 Å². The monoisotopic (exact) mass is 384 g/mol. The third-order valence-electron chi connectivity index (χ3n) is 6.30. The minimum atomic E-state index is -0.561. The Kier molecular flexibility index (Phi) is 5.46. The molecule has 7 nitrogen and oxygen atoms in total. The van der Waals surface area contributed by atoms with Crippen molar-refractivity contribution in [3.8, 4) is 0 Å². The number of nitrogens with zero attached hydrogens (tertiary/aromatic N) is 1. The van der Waals surface area contributed by atoms with Gasteiger partial charge in [0.15, 0.2) is 0 Å². The Balaban J connectivity index is 1.39. The van der Waals surface area contributed by atoms with Crippen molar-refractivity contribution < 1.29 is 14.4 Å². The van der Waals surface area contributed by atoms with Crippen LogP contribution in [0.5, 0.6) is 0 Å². The molecule has 1 saturated heterocycles. The van der Waals surface area contributed by atoms with Crippen molar-refractivity contribution in [3.05, 3.63) is 34.9 Å². The first-order valence-electron chi connectivity index (χ1n) is 10.2. The SMILES string of the molecule is NCC1CCCC(NCc2ccc3c(c2)CN(C2CCC(=O)NC2=O)C3=O)C1. The van der Waals surface area contributed by atoms with E-state index in [9.17, 15) is 14.4 Å². The molecule has 1 aromatic rings. The molecule has 3 aliphatic rings. The zero-order chi connectivity index (χ0) is 19.7. The summed E-state index contributed by atoms with van der Waals surface area (Å²) in [6.07, 6.45) is 5.43. The van der Waals surface area contributed by atoms with Gasteiger partial charge in [-0.1, -0.05) is 18.6 Å². The molecule has 4 N–H and O–H groups in total. The Morgan fingerprint density at radius 2 is 2.04 bits per heavy atom. The van der Waals surface area contributed by atoms with Crippen LogP contribution in [0.3, 0.4) is 0 Å². The molecule has 3 amide bonds. The largest absolute Gasteiger partial charge is 0.330 e. The molecule has 150 valence electrons. The molecule has 0 aromatic heterocycles. The van der Waals surface area contributed by atoms with E-state index in [1.165, 1.54) is 19.3 Å². The third kappa shape index (κ3) is 3.82. The highest BCUT2D eigenvalue weighted by Gasteiger charge is 2.39. The molecule has 0 spiro atoms. The first-order chi connectivity index (χ1) is 13.5. The van der Waals surface area contributed by atoms with Gasteiger partial charge in [-0.15, -0.1) is 0 Å². The lowest BCUT2D eigenvalue weighted by atomic mass is 9.86. The van der Waals surface area contributed by atoms with Crippen molar-refractivity contribution in [1.82, 2.24) is 15.5 Å². The van der Waals surface area contributed by atoms with Crippen molar-refractivity contribution in [2.75, 3.05) is 6.54 Å². The van der Waals surface area contributed by atoms with Gasteiger partial charge in [0.05, 0.1) is 0 Å². The van der Waals surface area contributed by atoms with Gasteiger partial charge in [0.25, 0.3) is 5.91 Å². The highest BCUT2D eigenvalue weighted by molar-refractivity contribution is 6.05. The molecule has 3 atom stereocenters. The van der Waals surface area contributed by atoms with E-state index < -0.39 is 6.04 Å². The van der Waals surface area contributed by atoms with Crippen molar-refractivity contribution >= 4 is 17.7 Å². The van der Waals surface area contributed by atoms with Crippen LogP contribution in [0.2, 0.25) is 0 Å². The van der Waals surface area contributed by atoms with Crippen molar-refractivity contribution in [2.45, 2.75) is 63.7 Å². The fraction of sp³-hybridized carbons (Fsp3) is 0.571. The second kappa shape index (κ2) is 8.01. The number of amides is 3. The number of fused-ring (bicyclic) bond motifs is 1. The highest BCUT2D eigenvalue weighted by atomic mass is 16.2. The molecule has 2 aliphatic heterocycles. The van der Waals surface area contributed by atoms with Crippen LogP contribution in [0.25, 0.3) is 0 Å². The Bertz CT molecular complexity index is 794. The van der Waals surface area contributed by atoms with Gasteiger partial charge < -0.3 is 16.0 Å². The number of nitrogens with one attached hydrogen (secondary N) is 2. The number of rotatable bonds is 5. The molecule has 3 unspecified atom stereocenters. The zero-order valence-electron chi connectivity index (χ0n) is 16.1. The molecule has 7 heteroatoms. The minimum Gasteiger partial charge on any atom is -0.330 e. The van der Waals surface area contributed by atoms with Gasteiger partial charge >= 0.3 is 0 Å². The fourth-order valence-electron chi connectivity index (χ4n) is 4.69. The number of piperidine rings is 1. The maximum Gasteiger partial charge on any atom is 0.255 e. The molecule has 1 aliphatic carbocycles. The topological polar surface area (TPSA) is 105 Å². The Morgan fingerprint density at radius 3 is 2.82 bits per heavy atom. The van der Waals surface area contributed by atoms with Gasteiger partial charge in [0.1, 0.15) is 6.04 Å². The summed E-state index contributed by atoms with van der Waals surface area (Å²) in [5.74, 6) is -0.141. The number of carbonyl (C=O) groups is 3. The molecule has 0 bridgehead atoms. The fourth-order valence-corrected chi connectivity index (χ4v) is 4.69. The summed E-state index contributed by atoms with van der Waals surface area (Å²) in [6.45, 7) is 1.95. The summed E-state index contributed by atoms with van der Waals surface area (Å²) in [5, 5.41) is 5.97. The summed E-state index contributed by atoms with van der Waals surface area (Å²) in [4.78, 5) is 37.8. The average molecular weight is 384 g/mol. The standard InChI is InChI=1S/C21H28N4O3/c22-10-13-2-1-3-16(9-13)23-11-14-4-5-17-15(8-14)12-25(21(17)28)18-6-7-19(26)24-20(18)27/h4-5,8,13,16,18,23H,1-3,6-7,9-12,22H2,(H,24,26,27). The maximum atomic E-state index is 12.7. The van der Waals surface area contributed by atoms with Gasteiger partial charge in [0, 0.05) is 31.1 Å². The highest BCUT2D eigenvalue weighted by Crippen LogP contribution is 2.28. The molecule has 0 radical (unpaired) electrons. The van der Waals surface area contributed by atoms with Crippen molar-refractivity contribution in [2.24, 2.45) is 11.7 Å². The van der Waals surface area contributed by atoms with Crippen LogP contribution in [0.15, 0.2) is 18.2 Å². The summed E-state index contributed by atoms with van der Waals surface area (Å²) in [5.41, 5.74) is 8.59. The van der Waals surface area contributed by atoms with Crippen LogP contribution in [0, 0.1) is 5.92 Å². The van der Waals surface area contributed by atoms with Crippen molar-refractivity contribution in [1.29, 1.82) is 0 Å². The lowest BCUT2D eigenvalue weighted by molar-refractivity contribution is -0.136. The number of carbonyl (C=O) groups excluding carboxylic acids is 3.